The monoisotopic (exact) mass is 305 g/mol. The topological polar surface area (TPSA) is 25.2 Å². The molecule has 1 unspecified atom stereocenters. The minimum absolute atomic E-state index is 0.202. The van der Waals surface area contributed by atoms with E-state index in [-0.39, 0.29) is 11.5 Å². The molecular formula is C15H16BrNO. The Labute approximate surface area is 116 Å². The molecule has 2 aromatic rings. The number of hydrogen-bond acceptors (Lipinski definition) is 2. The maximum Gasteiger partial charge on any atom is 0.169 e. The zero-order chi connectivity index (χ0) is 12.6. The third kappa shape index (κ3) is 1.91. The van der Waals surface area contributed by atoms with E-state index >= 15 is 0 Å². The van der Waals surface area contributed by atoms with Crippen molar-refractivity contribution in [2.75, 3.05) is 7.05 Å². The molecule has 1 atom stereocenters. The Balaban J connectivity index is 1.97. The van der Waals surface area contributed by atoms with Crippen molar-refractivity contribution in [3.63, 3.8) is 0 Å². The second-order valence-electron chi connectivity index (χ2n) is 4.89. The van der Waals surface area contributed by atoms with Crippen LogP contribution >= 0.6 is 15.9 Å². The molecule has 0 saturated heterocycles. The minimum atomic E-state index is 0.202. The second kappa shape index (κ2) is 4.56. The van der Waals surface area contributed by atoms with E-state index in [4.69, 9.17) is 4.42 Å². The highest BCUT2D eigenvalue weighted by Crippen LogP contribution is 2.56. The van der Waals surface area contributed by atoms with E-state index in [0.29, 0.717) is 0 Å². The molecule has 1 N–H and O–H groups in total. The van der Waals surface area contributed by atoms with E-state index in [1.54, 1.807) is 0 Å². The molecule has 1 fully saturated rings. The molecule has 1 saturated carbocycles. The smallest absolute Gasteiger partial charge is 0.169 e. The van der Waals surface area contributed by atoms with Gasteiger partial charge < -0.3 is 9.73 Å². The highest BCUT2D eigenvalue weighted by Gasteiger charge is 2.51. The lowest BCUT2D eigenvalue weighted by atomic mass is 9.86. The first-order valence-corrected chi connectivity index (χ1v) is 7.03. The van der Waals surface area contributed by atoms with Crippen molar-refractivity contribution < 1.29 is 4.42 Å². The van der Waals surface area contributed by atoms with Gasteiger partial charge in [-0.25, -0.2) is 0 Å². The lowest BCUT2D eigenvalue weighted by molar-refractivity contribution is 0.363. The Kier molecular flexibility index (Phi) is 3.04. The Hall–Kier alpha value is -1.06. The predicted octanol–water partition coefficient (Wildman–Crippen LogP) is 4.03. The number of benzene rings is 1. The first kappa shape index (κ1) is 12.0. The highest BCUT2D eigenvalue weighted by atomic mass is 79.9. The fourth-order valence-corrected chi connectivity index (χ4v) is 3.14. The molecule has 0 spiro atoms. The fourth-order valence-electron chi connectivity index (χ4n) is 2.82. The van der Waals surface area contributed by atoms with Crippen LogP contribution in [0.4, 0.5) is 0 Å². The van der Waals surface area contributed by atoms with Crippen molar-refractivity contribution in [3.8, 4) is 0 Å². The number of rotatable bonds is 4. The number of hydrogen-bond donors (Lipinski definition) is 1. The van der Waals surface area contributed by atoms with Gasteiger partial charge >= 0.3 is 0 Å². The summed E-state index contributed by atoms with van der Waals surface area (Å²) in [5, 5.41) is 3.42. The molecule has 0 radical (unpaired) electrons. The maximum atomic E-state index is 5.74. The van der Waals surface area contributed by atoms with Crippen LogP contribution in [-0.4, -0.2) is 7.05 Å². The van der Waals surface area contributed by atoms with E-state index < -0.39 is 0 Å². The molecule has 1 aliphatic rings. The molecule has 1 aliphatic carbocycles. The van der Waals surface area contributed by atoms with Gasteiger partial charge in [0.15, 0.2) is 4.67 Å². The number of halogens is 1. The summed E-state index contributed by atoms with van der Waals surface area (Å²) in [6, 6.07) is 15.0. The molecule has 94 valence electrons. The number of likely N-dealkylation sites (N-methyl/N-ethyl adjacent to an activating group) is 1. The molecule has 1 heterocycles. The summed E-state index contributed by atoms with van der Waals surface area (Å²) in [7, 11) is 2.00. The van der Waals surface area contributed by atoms with Gasteiger partial charge in [-0.1, -0.05) is 30.3 Å². The van der Waals surface area contributed by atoms with Gasteiger partial charge in [0.05, 0.1) is 6.04 Å². The molecule has 2 nitrogen and oxygen atoms in total. The fraction of sp³-hybridized carbons (Fsp3) is 0.333. The van der Waals surface area contributed by atoms with Crippen molar-refractivity contribution in [3.05, 3.63) is 58.5 Å². The third-order valence-electron chi connectivity index (χ3n) is 3.86. The van der Waals surface area contributed by atoms with Crippen molar-refractivity contribution in [2.24, 2.45) is 0 Å². The Bertz CT molecular complexity index is 530. The van der Waals surface area contributed by atoms with Gasteiger partial charge in [0, 0.05) is 5.41 Å². The van der Waals surface area contributed by atoms with Gasteiger partial charge in [-0.2, -0.15) is 0 Å². The van der Waals surface area contributed by atoms with Crippen LogP contribution in [0.5, 0.6) is 0 Å². The summed E-state index contributed by atoms with van der Waals surface area (Å²) in [6.45, 7) is 0. The van der Waals surface area contributed by atoms with Crippen molar-refractivity contribution in [1.82, 2.24) is 5.32 Å². The van der Waals surface area contributed by atoms with Crippen LogP contribution in [0.15, 0.2) is 51.6 Å². The lowest BCUT2D eigenvalue weighted by Gasteiger charge is -2.25. The third-order valence-corrected chi connectivity index (χ3v) is 4.28. The standard InChI is InChI=1S/C15H16BrNO/c1-17-14(12-7-8-13(16)18-12)15(9-10-15)11-5-3-2-4-6-11/h2-8,14,17H,9-10H2,1H3. The van der Waals surface area contributed by atoms with Crippen LogP contribution < -0.4 is 5.32 Å². The van der Waals surface area contributed by atoms with Gasteiger partial charge in [0.25, 0.3) is 0 Å². The van der Waals surface area contributed by atoms with Gasteiger partial charge in [-0.05, 0) is 53.5 Å². The van der Waals surface area contributed by atoms with Crippen LogP contribution in [0.25, 0.3) is 0 Å². The van der Waals surface area contributed by atoms with Crippen molar-refractivity contribution in [2.45, 2.75) is 24.3 Å². The van der Waals surface area contributed by atoms with Crippen LogP contribution in [0.2, 0.25) is 0 Å². The first-order chi connectivity index (χ1) is 8.76. The summed E-state index contributed by atoms with van der Waals surface area (Å²) in [6.07, 6.45) is 2.42. The minimum Gasteiger partial charge on any atom is -0.453 e. The molecule has 3 heteroatoms. The normalized spacial score (nSPS) is 18.6. The SMILES string of the molecule is CNC(c1ccc(Br)o1)C1(c2ccccc2)CC1. The van der Waals surface area contributed by atoms with E-state index in [2.05, 4.69) is 51.6 Å². The van der Waals surface area contributed by atoms with Gasteiger partial charge in [0.2, 0.25) is 0 Å². The predicted molar refractivity (Wildman–Crippen MR) is 75.6 cm³/mol. The zero-order valence-corrected chi connectivity index (χ0v) is 11.9. The second-order valence-corrected chi connectivity index (χ2v) is 5.67. The highest BCUT2D eigenvalue weighted by molar-refractivity contribution is 9.10. The summed E-state index contributed by atoms with van der Waals surface area (Å²) in [5.41, 5.74) is 1.60. The molecule has 0 aliphatic heterocycles. The first-order valence-electron chi connectivity index (χ1n) is 6.24. The van der Waals surface area contributed by atoms with Crippen molar-refractivity contribution >= 4 is 15.9 Å². The van der Waals surface area contributed by atoms with Crippen LogP contribution in [-0.2, 0) is 5.41 Å². The zero-order valence-electron chi connectivity index (χ0n) is 10.3. The number of furan rings is 1. The van der Waals surface area contributed by atoms with E-state index in [0.717, 1.165) is 10.4 Å². The summed E-state index contributed by atoms with van der Waals surface area (Å²) < 4.78 is 6.53. The molecule has 0 amide bonds. The van der Waals surface area contributed by atoms with Gasteiger partial charge in [0.1, 0.15) is 5.76 Å². The van der Waals surface area contributed by atoms with Gasteiger partial charge in [-0.3, -0.25) is 0 Å². The average molecular weight is 306 g/mol. The maximum absolute atomic E-state index is 5.74. The summed E-state index contributed by atoms with van der Waals surface area (Å²) in [4.78, 5) is 0. The van der Waals surface area contributed by atoms with E-state index in [1.807, 2.05) is 19.2 Å². The Morgan fingerprint density at radius 1 is 1.17 bits per heavy atom. The largest absolute Gasteiger partial charge is 0.453 e. The van der Waals surface area contributed by atoms with E-state index in [9.17, 15) is 0 Å². The van der Waals surface area contributed by atoms with Crippen LogP contribution in [0, 0.1) is 0 Å². The quantitative estimate of drug-likeness (QED) is 0.922. The average Bonchev–Trinajstić information content (AvgIpc) is 3.09. The molecule has 1 aromatic carbocycles. The Morgan fingerprint density at radius 3 is 2.39 bits per heavy atom. The molecular weight excluding hydrogens is 290 g/mol. The summed E-state index contributed by atoms with van der Waals surface area (Å²) >= 11 is 3.38. The molecule has 3 rings (SSSR count). The summed E-state index contributed by atoms with van der Waals surface area (Å²) in [5.74, 6) is 1.01. The van der Waals surface area contributed by atoms with Gasteiger partial charge in [-0.15, -0.1) is 0 Å². The number of nitrogens with one attached hydrogen (secondary N) is 1. The molecule has 0 bridgehead atoms. The molecule has 1 aromatic heterocycles. The molecule has 18 heavy (non-hydrogen) atoms. The van der Waals surface area contributed by atoms with Crippen LogP contribution in [0.3, 0.4) is 0 Å². The van der Waals surface area contributed by atoms with E-state index in [1.165, 1.54) is 18.4 Å². The van der Waals surface area contributed by atoms with Crippen LogP contribution in [0.1, 0.15) is 30.2 Å². The van der Waals surface area contributed by atoms with Crippen molar-refractivity contribution in [1.29, 1.82) is 0 Å². The Morgan fingerprint density at radius 2 is 1.89 bits per heavy atom. The lowest BCUT2D eigenvalue weighted by Crippen LogP contribution is -2.29.